The molecule has 0 bridgehead atoms. The molecule has 1 fully saturated rings. The zero-order valence-corrected chi connectivity index (χ0v) is 16.1. The fraction of sp³-hybridized carbons (Fsp3) is 0.350. The number of halogens is 2. The lowest BCUT2D eigenvalue weighted by Crippen LogP contribution is -2.61. The predicted molar refractivity (Wildman–Crippen MR) is 100 cm³/mol. The minimum atomic E-state index is -3.36. The third-order valence-corrected chi connectivity index (χ3v) is 4.35. The van der Waals surface area contributed by atoms with Gasteiger partial charge in [0.15, 0.2) is 5.60 Å². The highest BCUT2D eigenvalue weighted by Crippen LogP contribution is 2.20. The van der Waals surface area contributed by atoms with Gasteiger partial charge < -0.3 is 15.3 Å². The molecule has 1 aromatic rings. The van der Waals surface area contributed by atoms with E-state index in [1.54, 1.807) is 4.90 Å². The number of nitrogens with zero attached hydrogens (tertiary/aromatic N) is 1. The molecule has 1 heterocycles. The van der Waals surface area contributed by atoms with Gasteiger partial charge in [-0.2, -0.15) is 0 Å². The number of carbonyl (C=O) groups is 3. The first-order chi connectivity index (χ1) is 14.1. The molecule has 30 heavy (non-hydrogen) atoms. The summed E-state index contributed by atoms with van der Waals surface area (Å²) in [5.41, 5.74) is -1.23. The fourth-order valence-corrected chi connectivity index (χ4v) is 2.42. The Morgan fingerprint density at radius 1 is 1.23 bits per heavy atom. The van der Waals surface area contributed by atoms with Crippen LogP contribution in [-0.2, 0) is 9.59 Å². The van der Waals surface area contributed by atoms with Gasteiger partial charge >= 0.3 is 0 Å². The average molecular weight is 419 g/mol. The number of carbonyl (C=O) groups excluding carboxylic acids is 3. The SMILES string of the molecule is CC(=O)N1CC1C#CC#Cc1ccc(C(=O)N[C@H](C(=O)NO)C(C)(O)C(F)F)cc1. The van der Waals surface area contributed by atoms with Crippen LogP contribution in [0.15, 0.2) is 24.3 Å². The topological polar surface area (TPSA) is 119 Å². The molecular formula is C20H19F2N3O5. The van der Waals surface area contributed by atoms with E-state index in [9.17, 15) is 28.3 Å². The van der Waals surface area contributed by atoms with Crippen LogP contribution in [0.5, 0.6) is 0 Å². The molecule has 0 aliphatic carbocycles. The van der Waals surface area contributed by atoms with Gasteiger partial charge in [-0.3, -0.25) is 19.6 Å². The number of amides is 3. The average Bonchev–Trinajstić information content (AvgIpc) is 3.49. The Hall–Kier alpha value is -3.47. The van der Waals surface area contributed by atoms with E-state index >= 15 is 0 Å². The Morgan fingerprint density at radius 3 is 2.37 bits per heavy atom. The number of nitrogens with one attached hydrogen (secondary N) is 2. The second-order valence-electron chi connectivity index (χ2n) is 6.69. The molecule has 0 saturated carbocycles. The number of benzene rings is 1. The number of alkyl halides is 2. The monoisotopic (exact) mass is 419 g/mol. The van der Waals surface area contributed by atoms with Crippen LogP contribution < -0.4 is 10.8 Å². The van der Waals surface area contributed by atoms with Gasteiger partial charge in [0.25, 0.3) is 18.2 Å². The van der Waals surface area contributed by atoms with Gasteiger partial charge in [-0.05, 0) is 43.0 Å². The Morgan fingerprint density at radius 2 is 1.87 bits per heavy atom. The molecule has 0 aromatic heterocycles. The van der Waals surface area contributed by atoms with Gasteiger partial charge in [-0.25, -0.2) is 14.3 Å². The van der Waals surface area contributed by atoms with Gasteiger partial charge in [0.2, 0.25) is 5.91 Å². The van der Waals surface area contributed by atoms with Gasteiger partial charge in [0.05, 0.1) is 6.54 Å². The summed E-state index contributed by atoms with van der Waals surface area (Å²) in [6.07, 6.45) is -3.36. The highest BCUT2D eigenvalue weighted by Gasteiger charge is 2.46. The maximum atomic E-state index is 13.0. The molecule has 1 saturated heterocycles. The zero-order valence-electron chi connectivity index (χ0n) is 16.1. The first kappa shape index (κ1) is 22.8. The Bertz CT molecular complexity index is 955. The van der Waals surface area contributed by atoms with Crippen molar-refractivity contribution in [2.24, 2.45) is 0 Å². The second-order valence-corrected chi connectivity index (χ2v) is 6.69. The molecule has 1 aromatic carbocycles. The summed E-state index contributed by atoms with van der Waals surface area (Å²) < 4.78 is 26.0. The predicted octanol–water partition coefficient (Wildman–Crippen LogP) is -0.108. The summed E-state index contributed by atoms with van der Waals surface area (Å²) in [5.74, 6) is 8.47. The summed E-state index contributed by atoms with van der Waals surface area (Å²) in [6, 6.07) is 3.44. The van der Waals surface area contributed by atoms with E-state index in [0.717, 1.165) is 5.48 Å². The van der Waals surface area contributed by atoms with Crippen LogP contribution in [0.3, 0.4) is 0 Å². The molecule has 3 atom stereocenters. The van der Waals surface area contributed by atoms with E-state index < -0.39 is 29.9 Å². The largest absolute Gasteiger partial charge is 0.381 e. The summed E-state index contributed by atoms with van der Waals surface area (Å²) in [7, 11) is 0. The molecule has 4 N–H and O–H groups in total. The minimum absolute atomic E-state index is 0.0162. The lowest BCUT2D eigenvalue weighted by atomic mass is 9.95. The maximum absolute atomic E-state index is 13.0. The second kappa shape index (κ2) is 9.35. The normalized spacial score (nSPS) is 17.4. The molecule has 2 rings (SSSR count). The Kier molecular flexibility index (Phi) is 7.11. The quantitative estimate of drug-likeness (QED) is 0.230. The first-order valence-corrected chi connectivity index (χ1v) is 8.72. The van der Waals surface area contributed by atoms with E-state index in [2.05, 4.69) is 23.7 Å². The van der Waals surface area contributed by atoms with Crippen LogP contribution in [0.4, 0.5) is 8.78 Å². The van der Waals surface area contributed by atoms with Crippen LogP contribution in [0.25, 0.3) is 0 Å². The van der Waals surface area contributed by atoms with E-state index in [1.165, 1.54) is 31.2 Å². The van der Waals surface area contributed by atoms with Crippen molar-refractivity contribution in [3.63, 3.8) is 0 Å². The van der Waals surface area contributed by atoms with Crippen LogP contribution in [0.2, 0.25) is 0 Å². The van der Waals surface area contributed by atoms with E-state index in [4.69, 9.17) is 5.21 Å². The summed E-state index contributed by atoms with van der Waals surface area (Å²) in [4.78, 5) is 36.5. The minimum Gasteiger partial charge on any atom is -0.381 e. The van der Waals surface area contributed by atoms with Gasteiger partial charge in [-0.15, -0.1) is 0 Å². The fourth-order valence-electron chi connectivity index (χ4n) is 2.42. The van der Waals surface area contributed by atoms with Crippen LogP contribution in [0.1, 0.15) is 29.8 Å². The van der Waals surface area contributed by atoms with Gasteiger partial charge in [0.1, 0.15) is 12.1 Å². The molecule has 10 heteroatoms. The smallest absolute Gasteiger partial charge is 0.269 e. The van der Waals surface area contributed by atoms with Crippen LogP contribution in [-0.4, -0.2) is 63.6 Å². The Labute approximate surface area is 171 Å². The van der Waals surface area contributed by atoms with Crippen molar-refractivity contribution in [1.82, 2.24) is 15.7 Å². The summed E-state index contributed by atoms with van der Waals surface area (Å²) in [5, 5.41) is 20.5. The molecule has 0 spiro atoms. The number of hydroxylamine groups is 1. The van der Waals surface area contributed by atoms with Crippen molar-refractivity contribution in [2.45, 2.75) is 38.0 Å². The van der Waals surface area contributed by atoms with E-state index in [1.807, 2.05) is 5.32 Å². The molecule has 1 aliphatic rings. The molecule has 3 amide bonds. The van der Waals surface area contributed by atoms with Crippen molar-refractivity contribution >= 4 is 17.7 Å². The highest BCUT2D eigenvalue weighted by atomic mass is 19.3. The molecule has 0 radical (unpaired) electrons. The lowest BCUT2D eigenvalue weighted by molar-refractivity contribution is -0.149. The highest BCUT2D eigenvalue weighted by molar-refractivity contribution is 5.97. The third-order valence-electron chi connectivity index (χ3n) is 4.35. The molecule has 2 unspecified atom stereocenters. The van der Waals surface area contributed by atoms with Crippen molar-refractivity contribution in [3.8, 4) is 23.7 Å². The number of hydrogen-bond acceptors (Lipinski definition) is 5. The zero-order chi connectivity index (χ0) is 22.5. The van der Waals surface area contributed by atoms with Crippen LogP contribution in [0, 0.1) is 23.7 Å². The maximum Gasteiger partial charge on any atom is 0.269 e. The summed E-state index contributed by atoms with van der Waals surface area (Å²) in [6.45, 7) is 2.70. The standard InChI is InChI=1S/C20H19F2N3O5/c1-12(26)25-11-15(25)6-4-3-5-13-7-9-14(10-8-13)17(27)23-16(18(28)24-30)20(2,29)19(21)22/h7-10,15-16,19,29-30H,11H2,1-2H3,(H,23,27)(H,24,28)/t15?,16-,20?,25?/m1/s1. The first-order valence-electron chi connectivity index (χ1n) is 8.72. The molecular weight excluding hydrogens is 400 g/mol. The lowest BCUT2D eigenvalue weighted by Gasteiger charge is -2.30. The molecule has 1 aliphatic heterocycles. The van der Waals surface area contributed by atoms with Crippen molar-refractivity contribution in [1.29, 1.82) is 0 Å². The van der Waals surface area contributed by atoms with Crippen molar-refractivity contribution < 1.29 is 33.5 Å². The van der Waals surface area contributed by atoms with E-state index in [0.29, 0.717) is 19.0 Å². The number of hydrogen-bond donors (Lipinski definition) is 4. The van der Waals surface area contributed by atoms with Crippen molar-refractivity contribution in [2.75, 3.05) is 6.54 Å². The number of rotatable bonds is 5. The van der Waals surface area contributed by atoms with Crippen LogP contribution >= 0.6 is 0 Å². The third kappa shape index (κ3) is 5.54. The van der Waals surface area contributed by atoms with Crippen molar-refractivity contribution in [3.05, 3.63) is 35.4 Å². The van der Waals surface area contributed by atoms with Gasteiger partial charge in [-0.1, -0.05) is 11.8 Å². The Balaban J connectivity index is 2.04. The molecule has 158 valence electrons. The summed E-state index contributed by atoms with van der Waals surface area (Å²) >= 11 is 0. The van der Waals surface area contributed by atoms with Gasteiger partial charge in [0, 0.05) is 18.1 Å². The van der Waals surface area contributed by atoms with E-state index in [-0.39, 0.29) is 17.5 Å². The molecule has 8 nitrogen and oxygen atoms in total. The number of aliphatic hydroxyl groups is 1.